The summed E-state index contributed by atoms with van der Waals surface area (Å²) in [7, 11) is -1.93. The first kappa shape index (κ1) is 21.0. The Labute approximate surface area is 162 Å². The third-order valence-electron chi connectivity index (χ3n) is 4.59. The molecule has 0 aliphatic carbocycles. The van der Waals surface area contributed by atoms with Gasteiger partial charge in [-0.05, 0) is 50.5 Å². The Balaban J connectivity index is 2.31. The molecule has 0 aliphatic rings. The van der Waals surface area contributed by atoms with Crippen LogP contribution in [0.25, 0.3) is 0 Å². The summed E-state index contributed by atoms with van der Waals surface area (Å²) < 4.78 is 26.3. The van der Waals surface area contributed by atoms with E-state index in [1.54, 1.807) is 24.9 Å². The van der Waals surface area contributed by atoms with Gasteiger partial charge >= 0.3 is 0 Å². The van der Waals surface area contributed by atoms with Crippen molar-refractivity contribution in [3.8, 4) is 0 Å². The average molecular weight is 389 g/mol. The lowest BCUT2D eigenvalue weighted by molar-refractivity contribution is -0.131. The van der Waals surface area contributed by atoms with Crippen LogP contribution < -0.4 is 4.31 Å². The third-order valence-corrected chi connectivity index (χ3v) is 5.81. The van der Waals surface area contributed by atoms with E-state index in [2.05, 4.69) is 0 Å². The number of benzene rings is 2. The molecule has 2 aromatic rings. The van der Waals surface area contributed by atoms with E-state index in [1.807, 2.05) is 57.2 Å². The van der Waals surface area contributed by atoms with E-state index in [4.69, 9.17) is 0 Å². The number of rotatable bonds is 6. The van der Waals surface area contributed by atoms with Crippen molar-refractivity contribution < 1.29 is 13.2 Å². The van der Waals surface area contributed by atoms with Gasteiger partial charge in [0.25, 0.3) is 0 Å². The second kappa shape index (κ2) is 8.13. The van der Waals surface area contributed by atoms with Gasteiger partial charge in [-0.3, -0.25) is 9.10 Å². The Kier molecular flexibility index (Phi) is 6.31. The van der Waals surface area contributed by atoms with Gasteiger partial charge in [-0.2, -0.15) is 0 Å². The zero-order chi connectivity index (χ0) is 20.4. The van der Waals surface area contributed by atoms with Crippen molar-refractivity contribution in [3.63, 3.8) is 0 Å². The average Bonchev–Trinajstić information content (AvgIpc) is 2.58. The number of carbonyl (C=O) groups excluding carboxylic acids is 1. The molecule has 1 amide bonds. The minimum absolute atomic E-state index is 0.248. The van der Waals surface area contributed by atoms with Gasteiger partial charge in [0.1, 0.15) is 6.04 Å². The van der Waals surface area contributed by atoms with E-state index in [1.165, 1.54) is 4.31 Å². The summed E-state index contributed by atoms with van der Waals surface area (Å²) in [5.41, 5.74) is 4.45. The van der Waals surface area contributed by atoms with Crippen LogP contribution in [0.5, 0.6) is 0 Å². The fraction of sp³-hybridized carbons (Fsp3) is 0.381. The van der Waals surface area contributed by atoms with Crippen LogP contribution in [0.2, 0.25) is 0 Å². The fourth-order valence-corrected chi connectivity index (χ4v) is 4.31. The zero-order valence-corrected chi connectivity index (χ0v) is 17.7. The molecule has 6 heteroatoms. The fourth-order valence-electron chi connectivity index (χ4n) is 3.10. The van der Waals surface area contributed by atoms with Crippen LogP contribution in [-0.4, -0.2) is 38.6 Å². The molecule has 0 N–H and O–H groups in total. The molecule has 0 spiro atoms. The first-order valence-electron chi connectivity index (χ1n) is 8.88. The van der Waals surface area contributed by atoms with E-state index < -0.39 is 16.1 Å². The number of hydrogen-bond donors (Lipinski definition) is 0. The van der Waals surface area contributed by atoms with Gasteiger partial charge in [0.15, 0.2) is 0 Å². The molecule has 2 aromatic carbocycles. The van der Waals surface area contributed by atoms with Gasteiger partial charge < -0.3 is 4.90 Å². The first-order valence-corrected chi connectivity index (χ1v) is 10.7. The molecule has 2 rings (SSSR count). The minimum Gasteiger partial charge on any atom is -0.340 e. The van der Waals surface area contributed by atoms with E-state index in [0.29, 0.717) is 12.2 Å². The summed E-state index contributed by atoms with van der Waals surface area (Å²) in [5.74, 6) is -0.248. The smallest absolute Gasteiger partial charge is 0.246 e. The van der Waals surface area contributed by atoms with E-state index >= 15 is 0 Å². The summed E-state index contributed by atoms with van der Waals surface area (Å²) in [6.45, 7) is 7.82. The van der Waals surface area contributed by atoms with Crippen LogP contribution in [0.1, 0.15) is 29.2 Å². The summed E-state index contributed by atoms with van der Waals surface area (Å²) in [5, 5.41) is 0. The highest BCUT2D eigenvalue weighted by molar-refractivity contribution is 7.92. The molecule has 0 heterocycles. The molecular weight excluding hydrogens is 360 g/mol. The molecule has 27 heavy (non-hydrogen) atoms. The van der Waals surface area contributed by atoms with Crippen LogP contribution >= 0.6 is 0 Å². The van der Waals surface area contributed by atoms with Crippen molar-refractivity contribution in [1.82, 2.24) is 4.90 Å². The highest BCUT2D eigenvalue weighted by Gasteiger charge is 2.31. The van der Waals surface area contributed by atoms with Gasteiger partial charge in [-0.1, -0.05) is 42.0 Å². The standard InChI is InChI=1S/C21H28N2O3S/c1-15-8-11-19(12-9-15)14-22(5)21(24)18(4)23(27(6,25)26)20-13-16(2)7-10-17(20)3/h7-13,18H,14H2,1-6H3/t18-/m1/s1. The highest BCUT2D eigenvalue weighted by Crippen LogP contribution is 2.27. The maximum atomic E-state index is 13.0. The largest absolute Gasteiger partial charge is 0.340 e. The molecule has 0 saturated heterocycles. The number of aryl methyl sites for hydroxylation is 3. The van der Waals surface area contributed by atoms with Crippen LogP contribution in [0.4, 0.5) is 5.69 Å². The van der Waals surface area contributed by atoms with Crippen molar-refractivity contribution in [2.75, 3.05) is 17.6 Å². The van der Waals surface area contributed by atoms with Crippen LogP contribution in [0, 0.1) is 20.8 Å². The highest BCUT2D eigenvalue weighted by atomic mass is 32.2. The summed E-state index contributed by atoms with van der Waals surface area (Å²) in [6.07, 6.45) is 1.14. The minimum atomic E-state index is -3.63. The Bertz CT molecular complexity index is 921. The number of carbonyl (C=O) groups is 1. The molecule has 0 aromatic heterocycles. The molecule has 5 nitrogen and oxygen atoms in total. The summed E-state index contributed by atoms with van der Waals surface area (Å²) in [6, 6.07) is 12.7. The lowest BCUT2D eigenvalue weighted by Crippen LogP contribution is -2.48. The topological polar surface area (TPSA) is 57.7 Å². The van der Waals surface area contributed by atoms with Crippen molar-refractivity contribution in [2.24, 2.45) is 0 Å². The predicted molar refractivity (Wildman–Crippen MR) is 110 cm³/mol. The zero-order valence-electron chi connectivity index (χ0n) is 16.9. The Morgan fingerprint density at radius 2 is 1.56 bits per heavy atom. The number of amides is 1. The van der Waals surface area contributed by atoms with Crippen molar-refractivity contribution in [2.45, 2.75) is 40.3 Å². The first-order chi connectivity index (χ1) is 12.5. The van der Waals surface area contributed by atoms with Crippen LogP contribution in [0.3, 0.4) is 0 Å². The normalized spacial score (nSPS) is 12.5. The quantitative estimate of drug-likeness (QED) is 0.762. The molecule has 0 unspecified atom stereocenters. The number of anilines is 1. The summed E-state index contributed by atoms with van der Waals surface area (Å²) in [4.78, 5) is 14.6. The van der Waals surface area contributed by atoms with Gasteiger partial charge in [0.05, 0.1) is 11.9 Å². The molecule has 146 valence electrons. The molecule has 1 atom stereocenters. The van der Waals surface area contributed by atoms with Gasteiger partial charge in [-0.15, -0.1) is 0 Å². The van der Waals surface area contributed by atoms with E-state index in [-0.39, 0.29) is 5.91 Å². The van der Waals surface area contributed by atoms with Crippen molar-refractivity contribution in [1.29, 1.82) is 0 Å². The molecule has 0 fully saturated rings. The second-order valence-corrected chi connectivity index (χ2v) is 9.06. The SMILES string of the molecule is Cc1ccc(CN(C)C(=O)[C@@H](C)N(c2cc(C)ccc2C)S(C)(=O)=O)cc1. The number of hydrogen-bond acceptors (Lipinski definition) is 3. The van der Waals surface area contributed by atoms with E-state index in [9.17, 15) is 13.2 Å². The summed E-state index contributed by atoms with van der Waals surface area (Å²) >= 11 is 0. The molecule has 0 saturated carbocycles. The second-order valence-electron chi connectivity index (χ2n) is 7.20. The lowest BCUT2D eigenvalue weighted by Gasteiger charge is -2.32. The Morgan fingerprint density at radius 3 is 2.11 bits per heavy atom. The molecule has 0 aliphatic heterocycles. The Morgan fingerprint density at radius 1 is 1.00 bits per heavy atom. The monoisotopic (exact) mass is 388 g/mol. The van der Waals surface area contributed by atoms with Crippen LogP contribution in [-0.2, 0) is 21.4 Å². The number of likely N-dealkylation sites (N-methyl/N-ethyl adjacent to an activating group) is 1. The molecule has 0 radical (unpaired) electrons. The molecular formula is C21H28N2O3S. The van der Waals surface area contributed by atoms with E-state index in [0.717, 1.165) is 28.5 Å². The van der Waals surface area contributed by atoms with Gasteiger partial charge in [0, 0.05) is 13.6 Å². The number of nitrogens with zero attached hydrogens (tertiary/aromatic N) is 2. The van der Waals surface area contributed by atoms with Crippen LogP contribution in [0.15, 0.2) is 42.5 Å². The Hall–Kier alpha value is -2.34. The number of sulfonamides is 1. The molecule has 0 bridgehead atoms. The predicted octanol–water partition coefficient (Wildman–Crippen LogP) is 3.42. The lowest BCUT2D eigenvalue weighted by atomic mass is 10.1. The maximum Gasteiger partial charge on any atom is 0.246 e. The van der Waals surface area contributed by atoms with Gasteiger partial charge in [0.2, 0.25) is 15.9 Å². The maximum absolute atomic E-state index is 13.0. The van der Waals surface area contributed by atoms with Crippen molar-refractivity contribution >= 4 is 21.6 Å². The third kappa shape index (κ3) is 5.10. The van der Waals surface area contributed by atoms with Gasteiger partial charge in [-0.25, -0.2) is 8.42 Å². The van der Waals surface area contributed by atoms with Crippen molar-refractivity contribution in [3.05, 3.63) is 64.7 Å².